The van der Waals surface area contributed by atoms with Crippen LogP contribution in [0.3, 0.4) is 0 Å². The predicted octanol–water partition coefficient (Wildman–Crippen LogP) is 11.3. The number of nitrogens with one attached hydrogen (secondary N) is 1. The van der Waals surface area contributed by atoms with Crippen LogP contribution in [0.25, 0.3) is 0 Å². The molecule has 0 amide bonds. The summed E-state index contributed by atoms with van der Waals surface area (Å²) in [6, 6.07) is 19.6. The number of esters is 3. The number of benzene rings is 3. The van der Waals surface area contributed by atoms with Gasteiger partial charge in [0, 0.05) is 36.3 Å². The minimum absolute atomic E-state index is 0. The summed E-state index contributed by atoms with van der Waals surface area (Å²) in [5, 5.41) is 13.0. The maximum absolute atomic E-state index is 13.2. The van der Waals surface area contributed by atoms with Crippen molar-refractivity contribution in [1.82, 2.24) is 15.1 Å². The van der Waals surface area contributed by atoms with Gasteiger partial charge in [0.1, 0.15) is 40.7 Å². The van der Waals surface area contributed by atoms with Crippen LogP contribution >= 0.6 is 24.0 Å². The molecule has 12 nitrogen and oxygen atoms in total. The smallest absolute Gasteiger partial charge is 0.342 e. The van der Waals surface area contributed by atoms with Crippen molar-refractivity contribution in [3.63, 3.8) is 0 Å². The van der Waals surface area contributed by atoms with E-state index in [0.717, 1.165) is 55.2 Å². The third kappa shape index (κ3) is 17.1. The lowest BCUT2D eigenvalue weighted by Crippen LogP contribution is -2.43. The Kier molecular flexibility index (Phi) is 23.1. The number of fused-ring (bicyclic) bond motifs is 6. The number of carbonyl (C=O) groups is 3. The number of rotatable bonds is 10. The van der Waals surface area contributed by atoms with Crippen molar-refractivity contribution >= 4 is 41.9 Å². The zero-order valence-electron chi connectivity index (χ0n) is 43.5. The number of hydrogen-bond donors (Lipinski definition) is 2. The Hall–Kier alpha value is -3.83. The van der Waals surface area contributed by atoms with E-state index in [0.29, 0.717) is 58.9 Å². The van der Waals surface area contributed by atoms with E-state index in [2.05, 4.69) is 29.2 Å². The van der Waals surface area contributed by atoms with Gasteiger partial charge in [-0.1, -0.05) is 42.3 Å². The van der Waals surface area contributed by atoms with E-state index < -0.39 is 11.8 Å². The van der Waals surface area contributed by atoms with Gasteiger partial charge < -0.3 is 43.9 Å². The zero-order chi connectivity index (χ0) is 50.1. The number of aliphatic hydroxyl groups is 1. The zero-order valence-corrected chi connectivity index (χ0v) is 45.8. The SMILES string of the molecule is C.CN1[C@@H]2CC[C@H]1CC(O)C2.Cc1ccc(F)c(C(=O)OC(C)C)c1.Cc1ccc(OC2C[C@H]3CC[C@@H](C2)N3)c(C(=O)OC(C)C)c1.Cc1ccc(OC2C[C@H]3CC[C@@H](C2)N3C)c(C(=O)OC(C)C)c1.I. The lowest BCUT2D eigenvalue weighted by molar-refractivity contribution is 0.0349. The molecule has 3 aromatic carbocycles. The van der Waals surface area contributed by atoms with Crippen LogP contribution < -0.4 is 14.8 Å². The molecule has 9 atom stereocenters. The van der Waals surface area contributed by atoms with Crippen molar-refractivity contribution in [2.24, 2.45) is 0 Å². The average Bonchev–Trinajstić information content (AvgIpc) is 3.78. The second-order valence-electron chi connectivity index (χ2n) is 21.1. The van der Waals surface area contributed by atoms with E-state index >= 15 is 0 Å². The molecular weight excluding hydrogens is 1020 g/mol. The molecule has 6 saturated heterocycles. The number of ether oxygens (including phenoxy) is 5. The molecule has 0 aromatic heterocycles. The molecule has 14 heteroatoms. The van der Waals surface area contributed by atoms with Crippen LogP contribution in [-0.4, -0.2) is 120 Å². The summed E-state index contributed by atoms with van der Waals surface area (Å²) in [5.41, 5.74) is 4.00. The van der Waals surface area contributed by atoms with E-state index in [1.165, 1.54) is 50.7 Å². The molecule has 9 rings (SSSR count). The predicted molar refractivity (Wildman–Crippen MR) is 289 cm³/mol. The third-order valence-electron chi connectivity index (χ3n) is 14.2. The molecule has 6 aliphatic rings. The van der Waals surface area contributed by atoms with Gasteiger partial charge >= 0.3 is 17.9 Å². The fourth-order valence-electron chi connectivity index (χ4n) is 10.7. The van der Waals surface area contributed by atoms with Gasteiger partial charge in [0.05, 0.1) is 30.0 Å². The van der Waals surface area contributed by atoms with E-state index in [-0.39, 0.29) is 85.5 Å². The molecule has 0 radical (unpaired) electrons. The topological polar surface area (TPSA) is 136 Å². The lowest BCUT2D eigenvalue weighted by Gasteiger charge is -2.36. The van der Waals surface area contributed by atoms with Crippen LogP contribution in [0, 0.1) is 26.6 Å². The monoisotopic (exact) mass is 1100 g/mol. The van der Waals surface area contributed by atoms with Crippen LogP contribution in [0.2, 0.25) is 0 Å². The van der Waals surface area contributed by atoms with Gasteiger partial charge in [-0.05, 0) is 190 Å². The first-order valence-electron chi connectivity index (χ1n) is 25.5. The summed E-state index contributed by atoms with van der Waals surface area (Å²) < 4.78 is 41.2. The Labute approximate surface area is 441 Å². The van der Waals surface area contributed by atoms with Gasteiger partial charge in [0.25, 0.3) is 0 Å². The molecule has 6 fully saturated rings. The molecule has 3 aromatic rings. The molecule has 3 unspecified atom stereocenters. The van der Waals surface area contributed by atoms with Crippen LogP contribution in [0.1, 0.15) is 174 Å². The molecule has 6 heterocycles. The summed E-state index contributed by atoms with van der Waals surface area (Å²) in [6.45, 7) is 16.7. The van der Waals surface area contributed by atoms with Gasteiger partial charge in [-0.3, -0.25) is 0 Å². The number of aliphatic hydroxyl groups excluding tert-OH is 1. The molecule has 396 valence electrons. The summed E-state index contributed by atoms with van der Waals surface area (Å²) in [5.74, 6) is -0.430. The summed E-state index contributed by atoms with van der Waals surface area (Å²) in [6.07, 6.45) is 13.6. The Morgan fingerprint density at radius 2 is 0.887 bits per heavy atom. The fraction of sp³-hybridized carbons (Fsp3) is 0.632. The molecular formula is C57H85FIN3O9. The number of aryl methyl sites for hydroxylation is 3. The van der Waals surface area contributed by atoms with Crippen molar-refractivity contribution in [3.8, 4) is 11.5 Å². The van der Waals surface area contributed by atoms with Crippen LogP contribution in [0.4, 0.5) is 4.39 Å². The highest BCUT2D eigenvalue weighted by Crippen LogP contribution is 2.37. The standard InChI is InChI=1S/C19H27NO3.C18H25NO3.C11H13FO2.C8H15NO.CH4.HI/c1-12(2)22-19(21)17-9-13(3)5-8-18(17)23-16-10-14-6-7-15(11-16)20(14)4;1-11(2)21-18(20)16-8-12(3)4-7-17(16)22-15-9-13-5-6-14(10-15)19-13;1-7(2)14-11(13)9-6-8(3)4-5-10(9)12;1-9-6-2-3-7(9)5-8(10)4-6;;/h5,8-9,12,14-16H,6-7,10-11H2,1-4H3;4,7-8,11,13-15,19H,5-6,9-10H2,1-3H3;4-7H,1-3H3;6-8,10H,2-5H2,1H3;1H4;1H/t14-,15+,16?;13-,14+,15?;;6-,7+,8?;;. The average molecular weight is 1100 g/mol. The van der Waals surface area contributed by atoms with Crippen molar-refractivity contribution in [2.45, 2.75) is 220 Å². The highest BCUT2D eigenvalue weighted by Gasteiger charge is 2.40. The van der Waals surface area contributed by atoms with Gasteiger partial charge in [-0.15, -0.1) is 24.0 Å². The maximum atomic E-state index is 13.2. The number of halogens is 2. The highest BCUT2D eigenvalue weighted by atomic mass is 127. The summed E-state index contributed by atoms with van der Waals surface area (Å²) in [7, 11) is 4.41. The van der Waals surface area contributed by atoms with E-state index in [1.807, 2.05) is 77.9 Å². The van der Waals surface area contributed by atoms with Gasteiger partial charge in [-0.25, -0.2) is 18.8 Å². The molecule has 0 aliphatic carbocycles. The molecule has 0 spiro atoms. The Balaban J connectivity index is 0.000000213. The third-order valence-corrected chi connectivity index (χ3v) is 14.2. The second kappa shape index (κ2) is 27.5. The van der Waals surface area contributed by atoms with E-state index in [9.17, 15) is 23.9 Å². The Morgan fingerprint density at radius 3 is 1.28 bits per heavy atom. The normalized spacial score (nSPS) is 26.0. The highest BCUT2D eigenvalue weighted by molar-refractivity contribution is 14.0. The lowest BCUT2D eigenvalue weighted by atomic mass is 10.0. The van der Waals surface area contributed by atoms with Gasteiger partial charge in [-0.2, -0.15) is 0 Å². The first kappa shape index (κ1) is 59.7. The van der Waals surface area contributed by atoms with E-state index in [1.54, 1.807) is 26.8 Å². The fourth-order valence-corrected chi connectivity index (χ4v) is 10.7. The molecule has 0 saturated carbocycles. The first-order chi connectivity index (χ1) is 32.7. The molecule has 6 bridgehead atoms. The molecule has 2 N–H and O–H groups in total. The molecule has 71 heavy (non-hydrogen) atoms. The first-order valence-corrected chi connectivity index (χ1v) is 25.5. The van der Waals surface area contributed by atoms with Crippen molar-refractivity contribution in [1.29, 1.82) is 0 Å². The van der Waals surface area contributed by atoms with Crippen molar-refractivity contribution < 1.29 is 47.6 Å². The van der Waals surface area contributed by atoms with Crippen molar-refractivity contribution in [2.75, 3.05) is 14.1 Å². The minimum Gasteiger partial charge on any atom is -0.489 e. The number of carbonyl (C=O) groups excluding carboxylic acids is 3. The van der Waals surface area contributed by atoms with Crippen LogP contribution in [-0.2, 0) is 14.2 Å². The number of piperidine rings is 3. The molecule has 6 aliphatic heterocycles. The van der Waals surface area contributed by atoms with Gasteiger partial charge in [0.2, 0.25) is 0 Å². The Bertz CT molecular complexity index is 2170. The van der Waals surface area contributed by atoms with Crippen molar-refractivity contribution in [3.05, 3.63) is 93.8 Å². The maximum Gasteiger partial charge on any atom is 0.342 e. The van der Waals surface area contributed by atoms with Crippen LogP contribution in [0.5, 0.6) is 11.5 Å². The summed E-state index contributed by atoms with van der Waals surface area (Å²) >= 11 is 0. The number of hydrogen-bond acceptors (Lipinski definition) is 12. The Morgan fingerprint density at radius 1 is 0.549 bits per heavy atom. The van der Waals surface area contributed by atoms with Gasteiger partial charge in [0.15, 0.2) is 0 Å². The largest absolute Gasteiger partial charge is 0.489 e. The second-order valence-corrected chi connectivity index (χ2v) is 21.1. The summed E-state index contributed by atoms with van der Waals surface area (Å²) in [4.78, 5) is 40.9. The van der Waals surface area contributed by atoms with Crippen LogP contribution in [0.15, 0.2) is 54.6 Å². The minimum atomic E-state index is -0.610. The number of nitrogens with zero attached hydrogens (tertiary/aromatic N) is 2. The quantitative estimate of drug-likeness (QED) is 0.114. The van der Waals surface area contributed by atoms with E-state index in [4.69, 9.17) is 23.7 Å².